The second kappa shape index (κ2) is 7.27. The molecule has 0 fully saturated rings. The fourth-order valence-corrected chi connectivity index (χ4v) is 8.65. The summed E-state index contributed by atoms with van der Waals surface area (Å²) in [5, 5.41) is 0. The molecule has 0 aliphatic rings. The van der Waals surface area contributed by atoms with Crippen molar-refractivity contribution in [3.05, 3.63) is 23.5 Å². The Morgan fingerprint density at radius 2 is 1.55 bits per heavy atom. The lowest BCUT2D eigenvalue weighted by molar-refractivity contribution is 0.111. The van der Waals surface area contributed by atoms with Gasteiger partial charge in [0.1, 0.15) is 11.5 Å². The zero-order valence-electron chi connectivity index (χ0n) is 14.6. The Labute approximate surface area is 134 Å². The number of halogens is 1. The normalized spacial score (nSPS) is 12.1. The molecule has 5 heteroatoms. The molecule has 0 aliphatic heterocycles. The summed E-state index contributed by atoms with van der Waals surface area (Å²) in [5.41, 5.74) is 0.918. The molecule has 0 spiro atoms. The van der Waals surface area contributed by atoms with Gasteiger partial charge in [0.15, 0.2) is 12.1 Å². The predicted molar refractivity (Wildman–Crippen MR) is 90.0 cm³/mol. The predicted octanol–water partition coefficient (Wildman–Crippen LogP) is 5.20. The van der Waals surface area contributed by atoms with Gasteiger partial charge in [-0.05, 0) is 22.7 Å². The number of methoxy groups -OCH3 is 1. The first-order chi connectivity index (χ1) is 10.2. The van der Waals surface area contributed by atoms with Crippen molar-refractivity contribution in [1.29, 1.82) is 0 Å². The van der Waals surface area contributed by atoms with E-state index in [1.165, 1.54) is 19.2 Å². The maximum atomic E-state index is 14.5. The molecule has 1 aromatic carbocycles. The highest BCUT2D eigenvalue weighted by atomic mass is 28.4. The van der Waals surface area contributed by atoms with Gasteiger partial charge in [-0.3, -0.25) is 4.79 Å². The van der Waals surface area contributed by atoms with Gasteiger partial charge in [0.25, 0.3) is 8.32 Å². The van der Waals surface area contributed by atoms with Gasteiger partial charge in [0.2, 0.25) is 0 Å². The van der Waals surface area contributed by atoms with Crippen molar-refractivity contribution in [3.63, 3.8) is 0 Å². The van der Waals surface area contributed by atoms with E-state index in [-0.39, 0.29) is 11.3 Å². The second-order valence-electron chi connectivity index (χ2n) is 6.57. The van der Waals surface area contributed by atoms with E-state index in [9.17, 15) is 9.18 Å². The van der Waals surface area contributed by atoms with Crippen molar-refractivity contribution < 1.29 is 18.3 Å². The van der Waals surface area contributed by atoms with Gasteiger partial charge in [-0.2, -0.15) is 0 Å². The van der Waals surface area contributed by atoms with Crippen LogP contribution in [-0.2, 0) is 0 Å². The minimum atomic E-state index is -2.28. The Morgan fingerprint density at radius 1 is 1.05 bits per heavy atom. The van der Waals surface area contributed by atoms with Gasteiger partial charge >= 0.3 is 0 Å². The third-order valence-electron chi connectivity index (χ3n) is 4.40. The molecule has 0 heterocycles. The first-order valence-corrected chi connectivity index (χ1v) is 9.86. The number of aldehydes is 1. The lowest BCUT2D eigenvalue weighted by Crippen LogP contribution is -2.50. The zero-order chi connectivity index (χ0) is 17.1. The molecule has 0 bridgehead atoms. The smallest absolute Gasteiger partial charge is 0.258 e. The lowest BCUT2D eigenvalue weighted by Gasteiger charge is -2.42. The van der Waals surface area contributed by atoms with E-state index in [2.05, 4.69) is 41.5 Å². The van der Waals surface area contributed by atoms with E-state index in [0.717, 1.165) is 0 Å². The molecule has 124 valence electrons. The molecule has 0 aliphatic carbocycles. The molecule has 0 aromatic heterocycles. The lowest BCUT2D eigenvalue weighted by atomic mass is 10.2. The summed E-state index contributed by atoms with van der Waals surface area (Å²) in [4.78, 5) is 11.1. The van der Waals surface area contributed by atoms with Crippen LogP contribution in [0.3, 0.4) is 0 Å². The second-order valence-corrected chi connectivity index (χ2v) is 11.9. The van der Waals surface area contributed by atoms with Crippen molar-refractivity contribution in [1.82, 2.24) is 0 Å². The average Bonchev–Trinajstić information content (AvgIpc) is 2.44. The Morgan fingerprint density at radius 3 is 1.91 bits per heavy atom. The quantitative estimate of drug-likeness (QED) is 0.510. The Kier molecular flexibility index (Phi) is 6.17. The summed E-state index contributed by atoms with van der Waals surface area (Å²) in [5.74, 6) is -0.0449. The molecule has 1 aromatic rings. The van der Waals surface area contributed by atoms with Gasteiger partial charge in [0, 0.05) is 6.07 Å². The topological polar surface area (TPSA) is 35.5 Å². The van der Waals surface area contributed by atoms with E-state index in [4.69, 9.17) is 9.16 Å². The molecule has 1 rings (SSSR count). The van der Waals surface area contributed by atoms with Crippen molar-refractivity contribution in [2.24, 2.45) is 0 Å². The fraction of sp³-hybridized carbons (Fsp3) is 0.588. The van der Waals surface area contributed by atoms with Gasteiger partial charge in [-0.1, -0.05) is 41.5 Å². The minimum Gasteiger partial charge on any atom is -0.541 e. The maximum Gasteiger partial charge on any atom is 0.258 e. The van der Waals surface area contributed by atoms with Crippen LogP contribution in [0.1, 0.15) is 51.9 Å². The average molecular weight is 326 g/mol. The van der Waals surface area contributed by atoms with Gasteiger partial charge in [0.05, 0.1) is 12.7 Å². The van der Waals surface area contributed by atoms with E-state index in [0.29, 0.717) is 28.7 Å². The number of carbonyl (C=O) groups is 1. The molecule has 0 saturated heterocycles. The van der Waals surface area contributed by atoms with Crippen LogP contribution in [0.15, 0.2) is 12.1 Å². The van der Waals surface area contributed by atoms with E-state index >= 15 is 0 Å². The van der Waals surface area contributed by atoms with Crippen LogP contribution in [0.25, 0.3) is 0 Å². The van der Waals surface area contributed by atoms with Crippen LogP contribution >= 0.6 is 0 Å². The van der Waals surface area contributed by atoms with Crippen molar-refractivity contribution >= 4 is 14.6 Å². The standard InChI is InChI=1S/C17H27FO3Si/c1-11(2)22(12(3)4,13(5)6)21-16-9-15(20-7)8-14(10-19)17(16)18/h8-13H,1-7H3. The van der Waals surface area contributed by atoms with Crippen molar-refractivity contribution in [2.45, 2.75) is 58.2 Å². The van der Waals surface area contributed by atoms with Gasteiger partial charge < -0.3 is 9.16 Å². The molecular formula is C17H27FO3Si. The fourth-order valence-electron chi connectivity index (χ4n) is 3.41. The number of benzene rings is 1. The van der Waals surface area contributed by atoms with Crippen molar-refractivity contribution in [2.75, 3.05) is 7.11 Å². The molecule has 0 amide bonds. The van der Waals surface area contributed by atoms with Crippen LogP contribution in [0, 0.1) is 5.82 Å². The summed E-state index contributed by atoms with van der Waals surface area (Å²) >= 11 is 0. The van der Waals surface area contributed by atoms with E-state index in [1.54, 1.807) is 0 Å². The molecule has 0 N–H and O–H groups in total. The van der Waals surface area contributed by atoms with Crippen LogP contribution < -0.4 is 9.16 Å². The van der Waals surface area contributed by atoms with Gasteiger partial charge in [-0.15, -0.1) is 0 Å². The number of hydrogen-bond donors (Lipinski definition) is 0. The zero-order valence-corrected chi connectivity index (χ0v) is 15.6. The molecule has 0 unspecified atom stereocenters. The third kappa shape index (κ3) is 3.34. The maximum absolute atomic E-state index is 14.5. The summed E-state index contributed by atoms with van der Waals surface area (Å²) in [6.45, 7) is 12.8. The number of ether oxygens (including phenoxy) is 1. The molecule has 0 radical (unpaired) electrons. The van der Waals surface area contributed by atoms with Gasteiger partial charge in [-0.25, -0.2) is 4.39 Å². The van der Waals surface area contributed by atoms with Crippen LogP contribution in [-0.4, -0.2) is 21.7 Å². The monoisotopic (exact) mass is 326 g/mol. The molecule has 0 atom stereocenters. The summed E-state index contributed by atoms with van der Waals surface area (Å²) in [7, 11) is -0.793. The highest BCUT2D eigenvalue weighted by Crippen LogP contribution is 2.44. The van der Waals surface area contributed by atoms with E-state index < -0.39 is 14.1 Å². The van der Waals surface area contributed by atoms with Crippen LogP contribution in [0.5, 0.6) is 11.5 Å². The highest BCUT2D eigenvalue weighted by Gasteiger charge is 2.47. The third-order valence-corrected chi connectivity index (χ3v) is 10.4. The largest absolute Gasteiger partial charge is 0.541 e. The first kappa shape index (κ1) is 18.7. The summed E-state index contributed by atoms with van der Waals surface area (Å²) in [6, 6.07) is 2.93. The molecule has 3 nitrogen and oxygen atoms in total. The van der Waals surface area contributed by atoms with Crippen LogP contribution in [0.2, 0.25) is 16.6 Å². The molecule has 0 saturated carbocycles. The number of carbonyl (C=O) groups excluding carboxylic acids is 1. The summed E-state index contributed by atoms with van der Waals surface area (Å²) < 4.78 is 26.0. The van der Waals surface area contributed by atoms with E-state index in [1.807, 2.05) is 0 Å². The highest BCUT2D eigenvalue weighted by molar-refractivity contribution is 6.78. The number of rotatable bonds is 7. The summed E-state index contributed by atoms with van der Waals surface area (Å²) in [6.07, 6.45) is 0.494. The van der Waals surface area contributed by atoms with Crippen molar-refractivity contribution in [3.8, 4) is 11.5 Å². The Hall–Kier alpha value is -1.36. The minimum absolute atomic E-state index is 0.0338. The Bertz CT molecular complexity index is 505. The Balaban J connectivity index is 3.44. The molecule has 22 heavy (non-hydrogen) atoms. The van der Waals surface area contributed by atoms with Crippen LogP contribution in [0.4, 0.5) is 4.39 Å². The first-order valence-electron chi connectivity index (χ1n) is 7.72. The molecular weight excluding hydrogens is 299 g/mol. The SMILES string of the molecule is COc1cc(C=O)c(F)c(O[Si](C(C)C)(C(C)C)C(C)C)c1. The number of hydrogen-bond acceptors (Lipinski definition) is 3.